The second-order valence-electron chi connectivity index (χ2n) is 8.11. The number of nitrogens with zero attached hydrogens (tertiary/aromatic N) is 1. The smallest absolute Gasteiger partial charge is 0.407 e. The van der Waals surface area contributed by atoms with Crippen molar-refractivity contribution in [2.75, 3.05) is 0 Å². The van der Waals surface area contributed by atoms with Crippen LogP contribution in [0.5, 0.6) is 0 Å². The summed E-state index contributed by atoms with van der Waals surface area (Å²) in [6, 6.07) is 22.9. The lowest BCUT2D eigenvalue weighted by Gasteiger charge is -2.19. The average Bonchev–Trinajstić information content (AvgIpc) is 3.30. The van der Waals surface area contributed by atoms with Crippen LogP contribution in [0.4, 0.5) is 4.79 Å². The number of aromatic nitrogens is 1. The molecule has 0 radical (unpaired) electrons. The third-order valence-electron chi connectivity index (χ3n) is 5.61. The number of hydrogen-bond donors (Lipinski definition) is 2. The first-order valence-electron chi connectivity index (χ1n) is 11.2. The topological polar surface area (TPSA) is 88.5 Å². The van der Waals surface area contributed by atoms with Crippen LogP contribution >= 0.6 is 11.3 Å². The van der Waals surface area contributed by atoms with E-state index in [4.69, 9.17) is 4.74 Å². The Hall–Kier alpha value is -3.71. The minimum atomic E-state index is -1.10. The lowest BCUT2D eigenvalue weighted by molar-refractivity contribution is 0.0692. The van der Waals surface area contributed by atoms with Crippen LogP contribution in [-0.2, 0) is 11.2 Å². The highest BCUT2D eigenvalue weighted by Crippen LogP contribution is 2.34. The summed E-state index contributed by atoms with van der Waals surface area (Å²) in [6.45, 7) is 3.77. The molecule has 1 unspecified atom stereocenters. The Morgan fingerprint density at radius 2 is 1.74 bits per heavy atom. The fourth-order valence-corrected chi connectivity index (χ4v) is 4.77. The minimum absolute atomic E-state index is 0.0215. The molecule has 174 valence electrons. The molecule has 34 heavy (non-hydrogen) atoms. The summed E-state index contributed by atoms with van der Waals surface area (Å²) in [5.74, 6) is -1.10. The van der Waals surface area contributed by atoms with Crippen molar-refractivity contribution in [3.63, 3.8) is 0 Å². The first-order chi connectivity index (χ1) is 16.4. The number of amides is 1. The van der Waals surface area contributed by atoms with Crippen molar-refractivity contribution in [3.8, 4) is 10.4 Å². The van der Waals surface area contributed by atoms with Crippen LogP contribution in [0.3, 0.4) is 0 Å². The van der Waals surface area contributed by atoms with Gasteiger partial charge in [0, 0.05) is 0 Å². The van der Waals surface area contributed by atoms with Gasteiger partial charge in [0.05, 0.1) is 10.9 Å². The molecule has 1 heterocycles. The molecule has 4 rings (SSSR count). The van der Waals surface area contributed by atoms with Crippen LogP contribution in [0.15, 0.2) is 72.8 Å². The SMILES string of the molecule is CCC(C)OC(=O)N[C@H](Cc1ccc2ccccc2c1)c1nc(C(=O)O)c(-c2ccccc2)s1. The minimum Gasteiger partial charge on any atom is -0.476 e. The normalized spacial score (nSPS) is 12.8. The van der Waals surface area contributed by atoms with E-state index in [-0.39, 0.29) is 11.8 Å². The Bertz CT molecular complexity index is 1300. The van der Waals surface area contributed by atoms with Gasteiger partial charge < -0.3 is 15.2 Å². The van der Waals surface area contributed by atoms with Gasteiger partial charge in [0.2, 0.25) is 0 Å². The molecule has 1 aromatic heterocycles. The van der Waals surface area contributed by atoms with Gasteiger partial charge in [-0.05, 0) is 41.7 Å². The summed E-state index contributed by atoms with van der Waals surface area (Å²) in [5.41, 5.74) is 1.75. The zero-order valence-electron chi connectivity index (χ0n) is 19.0. The molecular formula is C27H26N2O4S. The predicted octanol–water partition coefficient (Wildman–Crippen LogP) is 6.47. The van der Waals surface area contributed by atoms with Crippen LogP contribution in [0.25, 0.3) is 21.2 Å². The van der Waals surface area contributed by atoms with E-state index in [1.54, 1.807) is 0 Å². The number of hydrogen-bond acceptors (Lipinski definition) is 5. The van der Waals surface area contributed by atoms with Crippen LogP contribution in [0.1, 0.15) is 47.4 Å². The van der Waals surface area contributed by atoms with Crippen molar-refractivity contribution in [2.45, 2.75) is 38.8 Å². The standard InChI is InChI=1S/C27H26N2O4S/c1-3-17(2)33-27(32)28-22(16-18-13-14-19-9-7-8-12-21(19)15-18)25-29-23(26(30)31)24(34-25)20-10-5-4-6-11-20/h4-15,17,22H,3,16H2,1-2H3,(H,28,32)(H,30,31)/t17?,22-/m1/s1. The number of aromatic carboxylic acids is 1. The Morgan fingerprint density at radius 3 is 2.44 bits per heavy atom. The first kappa shape index (κ1) is 23.4. The number of nitrogens with one attached hydrogen (secondary N) is 1. The molecule has 7 heteroatoms. The molecule has 6 nitrogen and oxygen atoms in total. The van der Waals surface area contributed by atoms with Gasteiger partial charge in [0.25, 0.3) is 0 Å². The summed E-state index contributed by atoms with van der Waals surface area (Å²) in [4.78, 5) is 29.6. The van der Waals surface area contributed by atoms with Gasteiger partial charge in [0.15, 0.2) is 5.69 Å². The number of thiazole rings is 1. The Labute approximate surface area is 202 Å². The lowest BCUT2D eigenvalue weighted by atomic mass is 10.0. The van der Waals surface area contributed by atoms with Crippen molar-refractivity contribution < 1.29 is 19.4 Å². The maximum absolute atomic E-state index is 12.6. The lowest BCUT2D eigenvalue weighted by Crippen LogP contribution is -2.32. The third kappa shape index (κ3) is 5.43. The van der Waals surface area contributed by atoms with Crippen molar-refractivity contribution in [1.82, 2.24) is 10.3 Å². The van der Waals surface area contributed by atoms with E-state index >= 15 is 0 Å². The fraction of sp³-hybridized carbons (Fsp3) is 0.222. The average molecular weight is 475 g/mol. The number of carbonyl (C=O) groups is 2. The van der Waals surface area contributed by atoms with Crippen molar-refractivity contribution >= 4 is 34.2 Å². The van der Waals surface area contributed by atoms with Gasteiger partial charge in [-0.2, -0.15) is 0 Å². The van der Waals surface area contributed by atoms with Crippen LogP contribution in [0.2, 0.25) is 0 Å². The number of carboxylic acids is 1. The van der Waals surface area contributed by atoms with E-state index in [0.29, 0.717) is 22.7 Å². The number of benzene rings is 3. The molecule has 0 bridgehead atoms. The molecule has 0 spiro atoms. The second kappa shape index (κ2) is 10.5. The van der Waals surface area contributed by atoms with Gasteiger partial charge in [-0.25, -0.2) is 14.6 Å². The van der Waals surface area contributed by atoms with E-state index in [0.717, 1.165) is 21.9 Å². The van der Waals surface area contributed by atoms with Crippen LogP contribution in [-0.4, -0.2) is 28.3 Å². The molecule has 0 saturated carbocycles. The molecule has 0 aliphatic heterocycles. The fourth-order valence-electron chi connectivity index (χ4n) is 3.66. The number of fused-ring (bicyclic) bond motifs is 1. The molecule has 4 aromatic rings. The van der Waals surface area contributed by atoms with Crippen molar-refractivity contribution in [2.24, 2.45) is 0 Å². The summed E-state index contributed by atoms with van der Waals surface area (Å²) in [7, 11) is 0. The Balaban J connectivity index is 1.71. The molecule has 2 atom stereocenters. The summed E-state index contributed by atoms with van der Waals surface area (Å²) in [6.07, 6.45) is 0.364. The van der Waals surface area contributed by atoms with Crippen LogP contribution < -0.4 is 5.32 Å². The van der Waals surface area contributed by atoms with E-state index in [1.165, 1.54) is 11.3 Å². The Kier molecular flexibility index (Phi) is 7.23. The van der Waals surface area contributed by atoms with Gasteiger partial charge in [0.1, 0.15) is 11.1 Å². The zero-order chi connectivity index (χ0) is 24.1. The van der Waals surface area contributed by atoms with E-state index in [1.807, 2.05) is 80.6 Å². The highest BCUT2D eigenvalue weighted by Gasteiger charge is 2.26. The van der Waals surface area contributed by atoms with E-state index < -0.39 is 18.1 Å². The van der Waals surface area contributed by atoms with Crippen molar-refractivity contribution in [1.29, 1.82) is 0 Å². The molecule has 0 aliphatic carbocycles. The highest BCUT2D eigenvalue weighted by atomic mass is 32.1. The van der Waals surface area contributed by atoms with Crippen LogP contribution in [0, 0.1) is 0 Å². The quantitative estimate of drug-likeness (QED) is 0.305. The predicted molar refractivity (Wildman–Crippen MR) is 134 cm³/mol. The monoisotopic (exact) mass is 474 g/mol. The number of ether oxygens (including phenoxy) is 1. The highest BCUT2D eigenvalue weighted by molar-refractivity contribution is 7.15. The summed E-state index contributed by atoms with van der Waals surface area (Å²) >= 11 is 1.28. The largest absolute Gasteiger partial charge is 0.476 e. The van der Waals surface area contributed by atoms with Gasteiger partial charge in [-0.1, -0.05) is 79.7 Å². The molecule has 1 amide bonds. The molecule has 0 saturated heterocycles. The van der Waals surface area contributed by atoms with E-state index in [9.17, 15) is 14.7 Å². The number of carboxylic acid groups (broad SMARTS) is 1. The van der Waals surface area contributed by atoms with Gasteiger partial charge in [-0.3, -0.25) is 0 Å². The van der Waals surface area contributed by atoms with E-state index in [2.05, 4.69) is 16.4 Å². The molecule has 3 aromatic carbocycles. The molecule has 0 aliphatic rings. The van der Waals surface area contributed by atoms with Crippen molar-refractivity contribution in [3.05, 3.63) is 89.1 Å². The van der Waals surface area contributed by atoms with Gasteiger partial charge >= 0.3 is 12.1 Å². The van der Waals surface area contributed by atoms with Gasteiger partial charge in [-0.15, -0.1) is 11.3 Å². The molecule has 2 N–H and O–H groups in total. The molecular weight excluding hydrogens is 448 g/mol. The maximum atomic E-state index is 12.6. The number of carbonyl (C=O) groups excluding carboxylic acids is 1. The second-order valence-corrected chi connectivity index (χ2v) is 9.14. The summed E-state index contributed by atoms with van der Waals surface area (Å²) < 4.78 is 5.44. The zero-order valence-corrected chi connectivity index (χ0v) is 19.8. The number of rotatable bonds is 8. The third-order valence-corrected chi connectivity index (χ3v) is 6.83. The maximum Gasteiger partial charge on any atom is 0.407 e. The first-order valence-corrected chi connectivity index (χ1v) is 12.0. The number of alkyl carbamates (subject to hydrolysis) is 1. The Morgan fingerprint density at radius 1 is 1.03 bits per heavy atom. The molecule has 0 fully saturated rings. The summed E-state index contributed by atoms with van der Waals surface area (Å²) in [5, 5.41) is 15.5.